The Balaban J connectivity index is 0.00000544. The van der Waals surface area contributed by atoms with Gasteiger partial charge in [-0.1, -0.05) is 17.7 Å². The molecule has 1 amide bonds. The SMILES string of the molecule is CCOc1ccc(C)cc1C(C)NC(=O)/C(C#N)=C\Nc1ccc(N(CC)CC)cc1C.[Cl-]. The summed E-state index contributed by atoms with van der Waals surface area (Å²) in [7, 11) is 0. The van der Waals surface area contributed by atoms with Gasteiger partial charge in [-0.25, -0.2) is 0 Å². The predicted octanol–water partition coefficient (Wildman–Crippen LogP) is 2.25. The zero-order valence-electron chi connectivity index (χ0n) is 20.3. The first kappa shape index (κ1) is 27.9. The molecule has 2 aromatic carbocycles. The van der Waals surface area contributed by atoms with E-state index in [2.05, 4.69) is 35.4 Å². The highest BCUT2D eigenvalue weighted by molar-refractivity contribution is 5.97. The number of nitrogens with zero attached hydrogens (tertiary/aromatic N) is 2. The van der Waals surface area contributed by atoms with Crippen LogP contribution in [-0.4, -0.2) is 25.6 Å². The van der Waals surface area contributed by atoms with E-state index >= 15 is 0 Å². The molecule has 2 aromatic rings. The molecule has 0 saturated carbocycles. The average molecular weight is 470 g/mol. The van der Waals surface area contributed by atoms with Crippen molar-refractivity contribution >= 4 is 17.3 Å². The number of nitriles is 1. The summed E-state index contributed by atoms with van der Waals surface area (Å²) in [5.41, 5.74) is 5.01. The molecule has 1 unspecified atom stereocenters. The molecule has 7 heteroatoms. The quantitative estimate of drug-likeness (QED) is 0.412. The van der Waals surface area contributed by atoms with E-state index < -0.39 is 5.91 Å². The van der Waals surface area contributed by atoms with Crippen LogP contribution >= 0.6 is 0 Å². The summed E-state index contributed by atoms with van der Waals surface area (Å²) in [6.45, 7) is 14.5. The van der Waals surface area contributed by atoms with Crippen molar-refractivity contribution in [3.8, 4) is 11.8 Å². The van der Waals surface area contributed by atoms with Crippen LogP contribution < -0.4 is 32.7 Å². The molecule has 1 atom stereocenters. The number of ether oxygens (including phenoxy) is 1. The number of halogens is 1. The van der Waals surface area contributed by atoms with Crippen molar-refractivity contribution in [1.29, 1.82) is 5.26 Å². The smallest absolute Gasteiger partial charge is 0.263 e. The van der Waals surface area contributed by atoms with E-state index in [0.29, 0.717) is 6.61 Å². The van der Waals surface area contributed by atoms with Gasteiger partial charge in [-0.2, -0.15) is 5.26 Å². The highest BCUT2D eigenvalue weighted by atomic mass is 35.5. The Kier molecular flexibility index (Phi) is 11.3. The summed E-state index contributed by atoms with van der Waals surface area (Å²) in [5, 5.41) is 15.6. The minimum absolute atomic E-state index is 0. The van der Waals surface area contributed by atoms with Crippen LogP contribution in [-0.2, 0) is 4.79 Å². The van der Waals surface area contributed by atoms with Gasteiger partial charge >= 0.3 is 0 Å². The van der Waals surface area contributed by atoms with E-state index in [4.69, 9.17) is 4.74 Å². The second-order valence-electron chi connectivity index (χ2n) is 7.66. The van der Waals surface area contributed by atoms with Gasteiger partial charge in [-0.05, 0) is 71.4 Å². The van der Waals surface area contributed by atoms with Crippen molar-refractivity contribution in [2.24, 2.45) is 0 Å². The first-order chi connectivity index (χ1) is 15.3. The average Bonchev–Trinajstić information content (AvgIpc) is 2.77. The standard InChI is InChI=1S/C26H34N4O2.ClH/c1-7-30(8-2)22-11-12-24(19(5)15-22)28-17-21(16-27)26(31)29-20(6)23-14-18(4)10-13-25(23)32-9-3;/h10-15,17,20,28H,7-9H2,1-6H3,(H,29,31);1H/p-1/b21-17-;. The summed E-state index contributed by atoms with van der Waals surface area (Å²) in [5.74, 6) is 0.296. The van der Waals surface area contributed by atoms with Crippen LogP contribution in [0.5, 0.6) is 5.75 Å². The lowest BCUT2D eigenvalue weighted by Crippen LogP contribution is -3.00. The minimum Gasteiger partial charge on any atom is -1.00 e. The van der Waals surface area contributed by atoms with E-state index in [0.717, 1.165) is 46.9 Å². The van der Waals surface area contributed by atoms with E-state index in [1.54, 1.807) is 0 Å². The normalized spacial score (nSPS) is 11.6. The number of carbonyl (C=O) groups excluding carboxylic acids is 1. The van der Waals surface area contributed by atoms with Gasteiger partial charge in [0.2, 0.25) is 0 Å². The van der Waals surface area contributed by atoms with Gasteiger partial charge in [0.25, 0.3) is 5.91 Å². The summed E-state index contributed by atoms with van der Waals surface area (Å²) in [6, 6.07) is 13.7. The van der Waals surface area contributed by atoms with Crippen molar-refractivity contribution in [2.45, 2.75) is 47.6 Å². The largest absolute Gasteiger partial charge is 1.00 e. The predicted molar refractivity (Wildman–Crippen MR) is 131 cm³/mol. The van der Waals surface area contributed by atoms with Crippen molar-refractivity contribution in [3.05, 3.63) is 64.9 Å². The Bertz CT molecular complexity index is 1010. The molecule has 33 heavy (non-hydrogen) atoms. The number of benzene rings is 2. The lowest BCUT2D eigenvalue weighted by Gasteiger charge is -2.22. The first-order valence-corrected chi connectivity index (χ1v) is 11.1. The van der Waals surface area contributed by atoms with Gasteiger partial charge in [-0.15, -0.1) is 0 Å². The fraction of sp³-hybridized carbons (Fsp3) is 0.385. The summed E-state index contributed by atoms with van der Waals surface area (Å²) < 4.78 is 5.70. The van der Waals surface area contributed by atoms with Crippen molar-refractivity contribution in [2.75, 3.05) is 29.9 Å². The third-order valence-corrected chi connectivity index (χ3v) is 5.35. The number of amides is 1. The van der Waals surface area contributed by atoms with Crippen LogP contribution in [0.3, 0.4) is 0 Å². The third kappa shape index (κ3) is 7.44. The lowest BCUT2D eigenvalue weighted by molar-refractivity contribution is -0.117. The van der Waals surface area contributed by atoms with E-state index in [1.807, 2.05) is 64.1 Å². The van der Waals surface area contributed by atoms with Crippen molar-refractivity contribution in [3.63, 3.8) is 0 Å². The Morgan fingerprint density at radius 1 is 1.15 bits per heavy atom. The molecule has 178 valence electrons. The highest BCUT2D eigenvalue weighted by Gasteiger charge is 2.17. The van der Waals surface area contributed by atoms with E-state index in [9.17, 15) is 10.1 Å². The number of anilines is 2. The van der Waals surface area contributed by atoms with Crippen LogP contribution in [0.1, 0.15) is 50.4 Å². The van der Waals surface area contributed by atoms with Gasteiger partial charge < -0.3 is 32.7 Å². The van der Waals surface area contributed by atoms with Gasteiger partial charge in [0.05, 0.1) is 12.6 Å². The van der Waals surface area contributed by atoms with Gasteiger partial charge in [0.1, 0.15) is 17.4 Å². The number of hydrogen-bond acceptors (Lipinski definition) is 5. The summed E-state index contributed by atoms with van der Waals surface area (Å²) in [6.07, 6.45) is 1.46. The molecular formula is C26H34ClN4O2-. The Labute approximate surface area is 204 Å². The van der Waals surface area contributed by atoms with Crippen molar-refractivity contribution in [1.82, 2.24) is 5.32 Å². The van der Waals surface area contributed by atoms with E-state index in [-0.39, 0.29) is 24.0 Å². The molecule has 0 radical (unpaired) electrons. The zero-order valence-corrected chi connectivity index (χ0v) is 21.1. The lowest BCUT2D eigenvalue weighted by atomic mass is 10.0. The summed E-state index contributed by atoms with van der Waals surface area (Å²) in [4.78, 5) is 15.0. The molecule has 0 saturated heterocycles. The molecule has 0 bridgehead atoms. The second kappa shape index (κ2) is 13.4. The maximum absolute atomic E-state index is 12.8. The van der Waals surface area contributed by atoms with Gasteiger partial charge in [0.15, 0.2) is 0 Å². The Hall–Kier alpha value is -3.17. The van der Waals surface area contributed by atoms with Crippen LogP contribution in [0.2, 0.25) is 0 Å². The fourth-order valence-corrected chi connectivity index (χ4v) is 3.54. The molecule has 0 aliphatic heterocycles. The molecule has 0 spiro atoms. The van der Waals surface area contributed by atoms with Crippen LogP contribution in [0.25, 0.3) is 0 Å². The number of nitrogens with one attached hydrogen (secondary N) is 2. The minimum atomic E-state index is -0.436. The maximum Gasteiger partial charge on any atom is 0.263 e. The molecule has 6 nitrogen and oxygen atoms in total. The topological polar surface area (TPSA) is 77.4 Å². The zero-order chi connectivity index (χ0) is 23.7. The first-order valence-electron chi connectivity index (χ1n) is 11.1. The van der Waals surface area contributed by atoms with Crippen LogP contribution in [0.15, 0.2) is 48.2 Å². The van der Waals surface area contributed by atoms with Gasteiger partial charge in [0, 0.05) is 36.2 Å². The maximum atomic E-state index is 12.8. The number of aryl methyl sites for hydroxylation is 2. The molecule has 0 aliphatic rings. The van der Waals surface area contributed by atoms with E-state index in [1.165, 1.54) is 6.20 Å². The number of hydrogen-bond donors (Lipinski definition) is 2. The monoisotopic (exact) mass is 469 g/mol. The number of carbonyl (C=O) groups is 1. The van der Waals surface area contributed by atoms with Crippen LogP contribution in [0.4, 0.5) is 11.4 Å². The fourth-order valence-electron chi connectivity index (χ4n) is 3.54. The molecule has 0 fully saturated rings. The van der Waals surface area contributed by atoms with Crippen molar-refractivity contribution < 1.29 is 21.9 Å². The molecule has 2 rings (SSSR count). The molecule has 0 aliphatic carbocycles. The Morgan fingerprint density at radius 3 is 2.42 bits per heavy atom. The third-order valence-electron chi connectivity index (χ3n) is 5.35. The molecule has 0 heterocycles. The number of rotatable bonds is 10. The summed E-state index contributed by atoms with van der Waals surface area (Å²) >= 11 is 0. The van der Waals surface area contributed by atoms with Gasteiger partial charge in [-0.3, -0.25) is 4.79 Å². The Morgan fingerprint density at radius 2 is 1.85 bits per heavy atom. The molecule has 0 aromatic heterocycles. The molecular weight excluding hydrogens is 436 g/mol. The second-order valence-corrected chi connectivity index (χ2v) is 7.66. The highest BCUT2D eigenvalue weighted by Crippen LogP contribution is 2.27. The van der Waals surface area contributed by atoms with Crippen LogP contribution in [0, 0.1) is 25.2 Å². The molecule has 2 N–H and O–H groups in total.